The molecule has 2 rings (SSSR count). The van der Waals surface area contributed by atoms with Crippen LogP contribution in [0.2, 0.25) is 0 Å². The molecule has 0 aliphatic carbocycles. The second kappa shape index (κ2) is 6.17. The summed E-state index contributed by atoms with van der Waals surface area (Å²) in [5.74, 6) is -0.0697. The smallest absolute Gasteiger partial charge is 0.311 e. The van der Waals surface area contributed by atoms with E-state index >= 15 is 0 Å². The van der Waals surface area contributed by atoms with Gasteiger partial charge in [-0.25, -0.2) is 0 Å². The number of Topliss-reactive ketones (excluding diaryl/α,β-unsaturated/α-hetero) is 1. The highest BCUT2D eigenvalue weighted by atomic mass is 16.6. The van der Waals surface area contributed by atoms with Gasteiger partial charge in [-0.15, -0.1) is 0 Å². The quantitative estimate of drug-likeness (QED) is 0.479. The van der Waals surface area contributed by atoms with Crippen molar-refractivity contribution in [1.29, 1.82) is 0 Å². The van der Waals surface area contributed by atoms with Crippen LogP contribution in [0.1, 0.15) is 21.5 Å². The van der Waals surface area contributed by atoms with Crippen molar-refractivity contribution in [2.75, 3.05) is 6.61 Å². The molecule has 0 unspecified atom stereocenters. The summed E-state index contributed by atoms with van der Waals surface area (Å²) in [6, 6.07) is 11.8. The molecule has 0 saturated heterocycles. The molecule has 2 aromatic rings. The Balaban J connectivity index is 2.17. The van der Waals surface area contributed by atoms with Crippen molar-refractivity contribution in [3.05, 3.63) is 69.3 Å². The maximum Gasteiger partial charge on any atom is 0.311 e. The number of para-hydroxylation sites is 1. The van der Waals surface area contributed by atoms with Gasteiger partial charge in [-0.1, -0.05) is 35.9 Å². The molecule has 0 bridgehead atoms. The summed E-state index contributed by atoms with van der Waals surface area (Å²) in [6.07, 6.45) is 0. The Morgan fingerprint density at radius 3 is 2.57 bits per heavy atom. The van der Waals surface area contributed by atoms with E-state index in [0.717, 1.165) is 5.56 Å². The maximum atomic E-state index is 12.1. The third kappa shape index (κ3) is 3.45. The van der Waals surface area contributed by atoms with Gasteiger partial charge in [0.2, 0.25) is 5.75 Å². The molecule has 0 saturated carbocycles. The van der Waals surface area contributed by atoms with E-state index in [0.29, 0.717) is 11.1 Å². The lowest BCUT2D eigenvalue weighted by Gasteiger charge is -2.09. The molecule has 0 aliphatic heterocycles. The topological polar surface area (TPSA) is 69.4 Å². The van der Waals surface area contributed by atoms with Crippen molar-refractivity contribution >= 4 is 11.5 Å². The van der Waals surface area contributed by atoms with Gasteiger partial charge in [0, 0.05) is 11.6 Å². The average Bonchev–Trinajstić information content (AvgIpc) is 2.45. The van der Waals surface area contributed by atoms with Gasteiger partial charge in [0.05, 0.1) is 4.92 Å². The molecule has 108 valence electrons. The van der Waals surface area contributed by atoms with E-state index in [1.165, 1.54) is 6.07 Å². The van der Waals surface area contributed by atoms with E-state index in [2.05, 4.69) is 0 Å². The van der Waals surface area contributed by atoms with Crippen LogP contribution >= 0.6 is 0 Å². The highest BCUT2D eigenvalue weighted by Crippen LogP contribution is 2.30. The van der Waals surface area contributed by atoms with Crippen LogP contribution in [0.15, 0.2) is 42.5 Å². The zero-order valence-corrected chi connectivity index (χ0v) is 11.8. The monoisotopic (exact) mass is 285 g/mol. The van der Waals surface area contributed by atoms with Gasteiger partial charge in [0.1, 0.15) is 0 Å². The van der Waals surface area contributed by atoms with E-state index in [9.17, 15) is 14.9 Å². The van der Waals surface area contributed by atoms with Crippen molar-refractivity contribution in [1.82, 2.24) is 0 Å². The molecule has 2 aromatic carbocycles. The summed E-state index contributed by atoms with van der Waals surface area (Å²) in [4.78, 5) is 22.5. The van der Waals surface area contributed by atoms with Crippen molar-refractivity contribution in [3.8, 4) is 5.75 Å². The van der Waals surface area contributed by atoms with E-state index in [-0.39, 0.29) is 23.8 Å². The van der Waals surface area contributed by atoms with E-state index in [1.807, 2.05) is 13.0 Å². The normalized spacial score (nSPS) is 10.2. The summed E-state index contributed by atoms with van der Waals surface area (Å²) in [7, 11) is 0. The number of ether oxygens (including phenoxy) is 1. The molecular formula is C16H15NO4. The predicted octanol–water partition coefficient (Wildman–Crippen LogP) is 3.47. The molecule has 5 nitrogen and oxygen atoms in total. The van der Waals surface area contributed by atoms with Gasteiger partial charge in [0.15, 0.2) is 12.4 Å². The van der Waals surface area contributed by atoms with Gasteiger partial charge in [-0.3, -0.25) is 14.9 Å². The Morgan fingerprint density at radius 1 is 1.19 bits per heavy atom. The van der Waals surface area contributed by atoms with Gasteiger partial charge < -0.3 is 4.74 Å². The van der Waals surface area contributed by atoms with Crippen LogP contribution in [0, 0.1) is 24.0 Å². The average molecular weight is 285 g/mol. The Morgan fingerprint density at radius 2 is 1.90 bits per heavy atom. The lowest BCUT2D eigenvalue weighted by Crippen LogP contribution is -2.13. The van der Waals surface area contributed by atoms with Crippen molar-refractivity contribution in [2.24, 2.45) is 0 Å². The number of hydrogen-bond acceptors (Lipinski definition) is 4. The molecule has 0 amide bonds. The van der Waals surface area contributed by atoms with Crippen LogP contribution in [-0.2, 0) is 0 Å². The first-order valence-electron chi connectivity index (χ1n) is 6.45. The van der Waals surface area contributed by atoms with Gasteiger partial charge in [-0.2, -0.15) is 0 Å². The maximum absolute atomic E-state index is 12.1. The molecule has 0 heterocycles. The molecule has 0 aliphatic rings. The first-order chi connectivity index (χ1) is 9.99. The third-order valence-electron chi connectivity index (χ3n) is 3.08. The Bertz CT molecular complexity index is 694. The number of nitro benzene ring substituents is 1. The van der Waals surface area contributed by atoms with Crippen LogP contribution in [0.4, 0.5) is 5.69 Å². The summed E-state index contributed by atoms with van der Waals surface area (Å²) < 4.78 is 5.39. The second-order valence-electron chi connectivity index (χ2n) is 4.76. The first-order valence-corrected chi connectivity index (χ1v) is 6.45. The number of hydrogen-bond donors (Lipinski definition) is 0. The van der Waals surface area contributed by atoms with Crippen LogP contribution in [0.5, 0.6) is 5.75 Å². The van der Waals surface area contributed by atoms with Crippen LogP contribution < -0.4 is 4.74 Å². The highest BCUT2D eigenvalue weighted by Gasteiger charge is 2.18. The molecule has 0 radical (unpaired) electrons. The predicted molar refractivity (Wildman–Crippen MR) is 78.8 cm³/mol. The highest BCUT2D eigenvalue weighted by molar-refractivity contribution is 5.97. The summed E-state index contributed by atoms with van der Waals surface area (Å²) in [6.45, 7) is 3.37. The lowest BCUT2D eigenvalue weighted by atomic mass is 10.1. The molecule has 0 spiro atoms. The number of benzene rings is 2. The minimum Gasteiger partial charge on any atom is -0.478 e. The SMILES string of the molecule is Cc1cccc(C(=O)COc2c(C)cccc2[N+](=O)[O-])c1. The minimum absolute atomic E-state index is 0.132. The largest absolute Gasteiger partial charge is 0.478 e. The number of carbonyl (C=O) groups excluding carboxylic acids is 1. The number of aryl methyl sites for hydroxylation is 2. The fourth-order valence-electron chi connectivity index (χ4n) is 2.01. The van der Waals surface area contributed by atoms with Crippen molar-refractivity contribution in [3.63, 3.8) is 0 Å². The molecule has 0 fully saturated rings. The van der Waals surface area contributed by atoms with Crippen LogP contribution in [0.3, 0.4) is 0 Å². The van der Waals surface area contributed by atoms with Gasteiger partial charge in [0.25, 0.3) is 0 Å². The Kier molecular flexibility index (Phi) is 4.33. The number of ketones is 1. The van der Waals surface area contributed by atoms with E-state index < -0.39 is 4.92 Å². The Labute approximate surface area is 122 Å². The molecule has 0 N–H and O–H groups in total. The Hall–Kier alpha value is -2.69. The summed E-state index contributed by atoms with van der Waals surface area (Å²) in [5, 5.41) is 11.0. The molecular weight excluding hydrogens is 270 g/mol. The third-order valence-corrected chi connectivity index (χ3v) is 3.08. The number of nitro groups is 1. The van der Waals surface area contributed by atoms with Crippen LogP contribution in [-0.4, -0.2) is 17.3 Å². The number of rotatable bonds is 5. The zero-order valence-electron chi connectivity index (χ0n) is 11.8. The molecule has 0 atom stereocenters. The van der Waals surface area contributed by atoms with Crippen molar-refractivity contribution < 1.29 is 14.5 Å². The fourth-order valence-corrected chi connectivity index (χ4v) is 2.01. The minimum atomic E-state index is -0.514. The molecule has 0 aromatic heterocycles. The lowest BCUT2D eigenvalue weighted by molar-refractivity contribution is -0.385. The molecule has 5 heteroatoms. The van der Waals surface area contributed by atoms with Gasteiger partial charge in [-0.05, 0) is 25.5 Å². The van der Waals surface area contributed by atoms with E-state index in [1.54, 1.807) is 37.3 Å². The number of nitrogens with zero attached hydrogens (tertiary/aromatic N) is 1. The standard InChI is InChI=1S/C16H15NO4/c1-11-5-3-7-13(9-11)15(18)10-21-16-12(2)6-4-8-14(16)17(19)20/h3-9H,10H2,1-2H3. The zero-order chi connectivity index (χ0) is 15.4. The second-order valence-corrected chi connectivity index (χ2v) is 4.76. The van der Waals surface area contributed by atoms with Crippen molar-refractivity contribution in [2.45, 2.75) is 13.8 Å². The summed E-state index contributed by atoms with van der Waals surface area (Å²) >= 11 is 0. The fraction of sp³-hybridized carbons (Fsp3) is 0.188. The number of carbonyl (C=O) groups is 1. The van der Waals surface area contributed by atoms with Gasteiger partial charge >= 0.3 is 5.69 Å². The van der Waals surface area contributed by atoms with Crippen LogP contribution in [0.25, 0.3) is 0 Å². The van der Waals surface area contributed by atoms with E-state index in [4.69, 9.17) is 4.74 Å². The molecule has 21 heavy (non-hydrogen) atoms. The first kappa shape index (κ1) is 14.7. The summed E-state index contributed by atoms with van der Waals surface area (Å²) in [5.41, 5.74) is 2.00.